The lowest BCUT2D eigenvalue weighted by Crippen LogP contribution is -2.25. The van der Waals surface area contributed by atoms with Crippen molar-refractivity contribution >= 4 is 17.7 Å². The second kappa shape index (κ2) is 8.62. The fourth-order valence-corrected chi connectivity index (χ4v) is 4.51. The van der Waals surface area contributed by atoms with Crippen molar-refractivity contribution < 1.29 is 19.4 Å². The van der Waals surface area contributed by atoms with Gasteiger partial charge in [0.05, 0.1) is 19.5 Å². The Bertz CT molecular complexity index is 986. The van der Waals surface area contributed by atoms with E-state index in [-0.39, 0.29) is 29.3 Å². The molecule has 0 aliphatic carbocycles. The second-order valence-electron chi connectivity index (χ2n) is 6.96. The number of benzene rings is 3. The molecule has 0 unspecified atom stereocenters. The minimum Gasteiger partial charge on any atom is -0.508 e. The van der Waals surface area contributed by atoms with E-state index in [0.29, 0.717) is 6.61 Å². The predicted molar refractivity (Wildman–Crippen MR) is 114 cm³/mol. The van der Waals surface area contributed by atoms with E-state index in [1.165, 1.54) is 24.4 Å². The Morgan fingerprint density at radius 3 is 2.55 bits per heavy atom. The van der Waals surface area contributed by atoms with E-state index in [9.17, 15) is 9.90 Å². The van der Waals surface area contributed by atoms with E-state index in [0.717, 1.165) is 21.8 Å². The van der Waals surface area contributed by atoms with Crippen LogP contribution in [0.3, 0.4) is 0 Å². The summed E-state index contributed by atoms with van der Waals surface area (Å²) in [7, 11) is 1.40. The fraction of sp³-hybridized carbons (Fsp3) is 0.208. The topological polar surface area (TPSA) is 55.8 Å². The smallest absolute Gasteiger partial charge is 0.315 e. The molecule has 0 aromatic heterocycles. The molecule has 0 radical (unpaired) electrons. The molecule has 5 heteroatoms. The van der Waals surface area contributed by atoms with E-state index < -0.39 is 0 Å². The van der Waals surface area contributed by atoms with Crippen LogP contribution < -0.4 is 4.74 Å². The van der Waals surface area contributed by atoms with E-state index in [1.807, 2.05) is 36.4 Å². The molecule has 148 valence electrons. The van der Waals surface area contributed by atoms with Gasteiger partial charge in [-0.1, -0.05) is 42.5 Å². The summed E-state index contributed by atoms with van der Waals surface area (Å²) in [5.41, 5.74) is 3.34. The standard InChI is InChI=1S/C24H22O4S/c1-27-23(26)15-29-19-10-7-17(8-11-19)24-20-13-18(25)9-12-22(20)28-14-21(24)16-5-3-2-4-6-16/h2-13,21,24-25H,14-15H2,1H3/t21-,24-/m1/s1. The molecule has 4 nitrogen and oxygen atoms in total. The number of hydrogen-bond donors (Lipinski definition) is 1. The summed E-state index contributed by atoms with van der Waals surface area (Å²) in [4.78, 5) is 12.4. The zero-order valence-corrected chi connectivity index (χ0v) is 16.9. The molecule has 0 spiro atoms. The van der Waals surface area contributed by atoms with Crippen LogP contribution in [0.1, 0.15) is 28.5 Å². The van der Waals surface area contributed by atoms with Gasteiger partial charge in [0.15, 0.2) is 0 Å². The van der Waals surface area contributed by atoms with Crippen molar-refractivity contribution in [3.05, 3.63) is 89.5 Å². The third kappa shape index (κ3) is 4.25. The number of phenolic OH excluding ortho intramolecular Hbond substituents is 1. The van der Waals surface area contributed by atoms with Crippen LogP contribution in [0, 0.1) is 0 Å². The number of hydrogen-bond acceptors (Lipinski definition) is 5. The van der Waals surface area contributed by atoms with Gasteiger partial charge in [0.25, 0.3) is 0 Å². The van der Waals surface area contributed by atoms with Crippen molar-refractivity contribution in [1.82, 2.24) is 0 Å². The van der Waals surface area contributed by atoms with Crippen LogP contribution in [0.5, 0.6) is 11.5 Å². The van der Waals surface area contributed by atoms with Gasteiger partial charge in [-0.15, -0.1) is 11.8 Å². The first-order chi connectivity index (χ1) is 14.2. The van der Waals surface area contributed by atoms with Crippen LogP contribution in [0.25, 0.3) is 0 Å². The molecule has 0 fully saturated rings. The Kier molecular flexibility index (Phi) is 5.76. The zero-order valence-electron chi connectivity index (χ0n) is 16.1. The van der Waals surface area contributed by atoms with Crippen molar-refractivity contribution in [2.24, 2.45) is 0 Å². The predicted octanol–water partition coefficient (Wildman–Crippen LogP) is 4.97. The summed E-state index contributed by atoms with van der Waals surface area (Å²) in [6.45, 7) is 0.575. The first kappa shape index (κ1) is 19.4. The van der Waals surface area contributed by atoms with Crippen LogP contribution in [0.2, 0.25) is 0 Å². The minimum absolute atomic E-state index is 0.0629. The van der Waals surface area contributed by atoms with Crippen LogP contribution in [-0.2, 0) is 9.53 Å². The fourth-order valence-electron chi connectivity index (χ4n) is 3.78. The molecule has 29 heavy (non-hydrogen) atoms. The molecular formula is C24H22O4S. The quantitative estimate of drug-likeness (QED) is 0.479. The maximum absolute atomic E-state index is 11.4. The number of aromatic hydroxyl groups is 1. The number of phenols is 1. The first-order valence-corrected chi connectivity index (χ1v) is 10.4. The molecule has 0 bridgehead atoms. The van der Waals surface area contributed by atoms with Crippen molar-refractivity contribution in [1.29, 1.82) is 0 Å². The minimum atomic E-state index is -0.239. The van der Waals surface area contributed by atoms with Gasteiger partial charge in [-0.05, 0) is 41.5 Å². The maximum atomic E-state index is 11.4. The number of thioether (sulfide) groups is 1. The number of esters is 1. The maximum Gasteiger partial charge on any atom is 0.315 e. The van der Waals surface area contributed by atoms with Gasteiger partial charge in [0.2, 0.25) is 0 Å². The third-order valence-electron chi connectivity index (χ3n) is 5.20. The van der Waals surface area contributed by atoms with Gasteiger partial charge in [0.1, 0.15) is 11.5 Å². The van der Waals surface area contributed by atoms with Crippen LogP contribution in [0.15, 0.2) is 77.7 Å². The highest BCUT2D eigenvalue weighted by molar-refractivity contribution is 8.00. The number of methoxy groups -OCH3 is 1. The summed E-state index contributed by atoms with van der Waals surface area (Å²) < 4.78 is 10.7. The molecule has 1 aliphatic rings. The van der Waals surface area contributed by atoms with E-state index >= 15 is 0 Å². The number of ether oxygens (including phenoxy) is 2. The average Bonchev–Trinajstić information content (AvgIpc) is 2.77. The molecule has 2 atom stereocenters. The van der Waals surface area contributed by atoms with Gasteiger partial charge in [-0.2, -0.15) is 0 Å². The number of rotatable bonds is 5. The zero-order chi connectivity index (χ0) is 20.2. The van der Waals surface area contributed by atoms with Crippen molar-refractivity contribution in [3.8, 4) is 11.5 Å². The second-order valence-corrected chi connectivity index (χ2v) is 8.01. The van der Waals surface area contributed by atoms with Gasteiger partial charge in [-0.3, -0.25) is 4.79 Å². The monoisotopic (exact) mass is 406 g/mol. The van der Waals surface area contributed by atoms with Gasteiger partial charge < -0.3 is 14.6 Å². The highest BCUT2D eigenvalue weighted by atomic mass is 32.2. The number of carbonyl (C=O) groups excluding carboxylic acids is 1. The largest absolute Gasteiger partial charge is 0.508 e. The molecule has 1 N–H and O–H groups in total. The Balaban J connectivity index is 1.69. The highest BCUT2D eigenvalue weighted by Crippen LogP contribution is 2.47. The molecule has 0 saturated carbocycles. The van der Waals surface area contributed by atoms with Crippen molar-refractivity contribution in [2.75, 3.05) is 19.5 Å². The number of carbonyl (C=O) groups is 1. The summed E-state index contributed by atoms with van der Waals surface area (Å²) in [6.07, 6.45) is 0. The molecule has 3 aromatic carbocycles. The van der Waals surface area contributed by atoms with Crippen molar-refractivity contribution in [2.45, 2.75) is 16.7 Å². The Morgan fingerprint density at radius 2 is 1.83 bits per heavy atom. The molecular weight excluding hydrogens is 384 g/mol. The molecule has 3 aromatic rings. The summed E-state index contributed by atoms with van der Waals surface area (Å²) in [6, 6.07) is 23.9. The van der Waals surface area contributed by atoms with E-state index in [4.69, 9.17) is 9.47 Å². The summed E-state index contributed by atoms with van der Waals surface area (Å²) in [5, 5.41) is 10.1. The van der Waals surface area contributed by atoms with Crippen LogP contribution in [0.4, 0.5) is 0 Å². The molecule has 0 amide bonds. The molecule has 1 aliphatic heterocycles. The summed E-state index contributed by atoms with van der Waals surface area (Å²) in [5.74, 6) is 1.29. The normalized spacial score (nSPS) is 17.8. The molecule has 0 saturated heterocycles. The van der Waals surface area contributed by atoms with E-state index in [2.05, 4.69) is 24.3 Å². The summed E-state index contributed by atoms with van der Waals surface area (Å²) >= 11 is 1.45. The average molecular weight is 407 g/mol. The highest BCUT2D eigenvalue weighted by Gasteiger charge is 2.33. The van der Waals surface area contributed by atoms with Gasteiger partial charge in [-0.25, -0.2) is 0 Å². The SMILES string of the molecule is COC(=O)CSc1ccc([C@@H]2c3cc(O)ccc3OC[C@@H]2c2ccccc2)cc1. The van der Waals surface area contributed by atoms with Crippen molar-refractivity contribution in [3.63, 3.8) is 0 Å². The Hall–Kier alpha value is -2.92. The lowest BCUT2D eigenvalue weighted by Gasteiger charge is -2.34. The third-order valence-corrected chi connectivity index (χ3v) is 6.19. The molecule has 1 heterocycles. The van der Waals surface area contributed by atoms with Crippen LogP contribution in [-0.4, -0.2) is 30.5 Å². The van der Waals surface area contributed by atoms with E-state index in [1.54, 1.807) is 12.1 Å². The Morgan fingerprint density at radius 1 is 1.07 bits per heavy atom. The Labute approximate surface area is 174 Å². The van der Waals surface area contributed by atoms with Gasteiger partial charge in [0, 0.05) is 22.3 Å². The lowest BCUT2D eigenvalue weighted by molar-refractivity contribution is -0.137. The van der Waals surface area contributed by atoms with Crippen LogP contribution >= 0.6 is 11.8 Å². The van der Waals surface area contributed by atoms with Gasteiger partial charge >= 0.3 is 5.97 Å². The first-order valence-electron chi connectivity index (χ1n) is 9.46. The lowest BCUT2D eigenvalue weighted by atomic mass is 9.76. The molecule has 4 rings (SSSR count). The number of fused-ring (bicyclic) bond motifs is 1.